The lowest BCUT2D eigenvalue weighted by Gasteiger charge is -2.28. The SMILES string of the molecule is O=C(CSc1nc(-c2ccco2)nc2ccccc12)N1CCc2ccccc2C1. The van der Waals surface area contributed by atoms with E-state index in [4.69, 9.17) is 4.42 Å². The predicted molar refractivity (Wildman–Crippen MR) is 114 cm³/mol. The summed E-state index contributed by atoms with van der Waals surface area (Å²) in [7, 11) is 0. The van der Waals surface area contributed by atoms with Gasteiger partial charge in [-0.3, -0.25) is 4.79 Å². The molecule has 0 atom stereocenters. The lowest BCUT2D eigenvalue weighted by molar-refractivity contribution is -0.129. The minimum atomic E-state index is 0.131. The Bertz CT molecular complexity index is 1170. The molecule has 0 bridgehead atoms. The van der Waals surface area contributed by atoms with Gasteiger partial charge in [0.05, 0.1) is 17.5 Å². The minimum absolute atomic E-state index is 0.131. The quantitative estimate of drug-likeness (QED) is 0.370. The average Bonchev–Trinajstić information content (AvgIpc) is 3.32. The number of carbonyl (C=O) groups excluding carboxylic acids is 1. The molecule has 0 radical (unpaired) electrons. The Kier molecular flexibility index (Phi) is 4.77. The third kappa shape index (κ3) is 3.63. The van der Waals surface area contributed by atoms with Gasteiger partial charge in [0.15, 0.2) is 11.6 Å². The first-order valence-corrected chi connectivity index (χ1v) is 10.5. The fourth-order valence-corrected chi connectivity index (χ4v) is 4.53. The molecule has 0 fully saturated rings. The molecule has 0 unspecified atom stereocenters. The number of benzene rings is 2. The number of para-hydroxylation sites is 1. The number of fused-ring (bicyclic) bond motifs is 2. The van der Waals surface area contributed by atoms with Gasteiger partial charge in [0.2, 0.25) is 5.91 Å². The van der Waals surface area contributed by atoms with Crippen molar-refractivity contribution in [1.29, 1.82) is 0 Å². The molecule has 0 N–H and O–H groups in total. The number of furan rings is 1. The van der Waals surface area contributed by atoms with E-state index < -0.39 is 0 Å². The summed E-state index contributed by atoms with van der Waals surface area (Å²) in [5, 5.41) is 1.75. The second kappa shape index (κ2) is 7.72. The van der Waals surface area contributed by atoms with Gasteiger partial charge in [-0.25, -0.2) is 9.97 Å². The van der Waals surface area contributed by atoms with Gasteiger partial charge in [-0.2, -0.15) is 0 Å². The summed E-state index contributed by atoms with van der Waals surface area (Å²) in [5.41, 5.74) is 3.43. The van der Waals surface area contributed by atoms with Crippen LogP contribution in [-0.4, -0.2) is 33.1 Å². The minimum Gasteiger partial charge on any atom is -0.461 e. The van der Waals surface area contributed by atoms with Gasteiger partial charge in [-0.1, -0.05) is 54.2 Å². The molecule has 2 aromatic heterocycles. The van der Waals surface area contributed by atoms with Crippen LogP contribution in [0.5, 0.6) is 0 Å². The van der Waals surface area contributed by atoms with Crippen molar-refractivity contribution in [3.05, 3.63) is 78.1 Å². The van der Waals surface area contributed by atoms with Crippen LogP contribution in [0.3, 0.4) is 0 Å². The van der Waals surface area contributed by atoms with Crippen molar-refractivity contribution in [2.45, 2.75) is 18.0 Å². The molecule has 0 aliphatic carbocycles. The highest BCUT2D eigenvalue weighted by molar-refractivity contribution is 8.00. The zero-order chi connectivity index (χ0) is 19.6. The molecule has 1 amide bonds. The Morgan fingerprint density at radius 2 is 1.83 bits per heavy atom. The third-order valence-electron chi connectivity index (χ3n) is 5.13. The summed E-state index contributed by atoms with van der Waals surface area (Å²) in [5.74, 6) is 1.64. The van der Waals surface area contributed by atoms with Crippen LogP contribution in [0.1, 0.15) is 11.1 Å². The molecule has 144 valence electrons. The van der Waals surface area contributed by atoms with E-state index in [0.29, 0.717) is 23.9 Å². The summed E-state index contributed by atoms with van der Waals surface area (Å²) in [6.07, 6.45) is 2.52. The molecule has 6 heteroatoms. The normalized spacial score (nSPS) is 13.4. The number of carbonyl (C=O) groups is 1. The monoisotopic (exact) mass is 401 g/mol. The number of rotatable bonds is 4. The molecule has 0 saturated heterocycles. The Labute approximate surface area is 172 Å². The number of hydrogen-bond acceptors (Lipinski definition) is 5. The van der Waals surface area contributed by atoms with Gasteiger partial charge in [0.1, 0.15) is 5.03 Å². The second-order valence-electron chi connectivity index (χ2n) is 6.97. The molecule has 4 aromatic rings. The highest BCUT2D eigenvalue weighted by Gasteiger charge is 2.21. The zero-order valence-electron chi connectivity index (χ0n) is 15.7. The van der Waals surface area contributed by atoms with Crippen molar-refractivity contribution >= 4 is 28.6 Å². The fraction of sp³-hybridized carbons (Fsp3) is 0.174. The van der Waals surface area contributed by atoms with E-state index >= 15 is 0 Å². The largest absolute Gasteiger partial charge is 0.461 e. The molecule has 3 heterocycles. The van der Waals surface area contributed by atoms with Gasteiger partial charge >= 0.3 is 0 Å². The van der Waals surface area contributed by atoms with Gasteiger partial charge in [-0.15, -0.1) is 0 Å². The Morgan fingerprint density at radius 1 is 1.00 bits per heavy atom. The van der Waals surface area contributed by atoms with E-state index in [1.165, 1.54) is 22.9 Å². The topological polar surface area (TPSA) is 59.2 Å². The smallest absolute Gasteiger partial charge is 0.233 e. The van der Waals surface area contributed by atoms with Crippen LogP contribution in [0.15, 0.2) is 76.4 Å². The maximum absolute atomic E-state index is 12.9. The summed E-state index contributed by atoms with van der Waals surface area (Å²) in [6, 6.07) is 19.9. The van der Waals surface area contributed by atoms with Crippen LogP contribution in [0.2, 0.25) is 0 Å². The van der Waals surface area contributed by atoms with Crippen molar-refractivity contribution in [2.75, 3.05) is 12.3 Å². The van der Waals surface area contributed by atoms with Gasteiger partial charge < -0.3 is 9.32 Å². The number of hydrogen-bond donors (Lipinski definition) is 0. The molecular weight excluding hydrogens is 382 g/mol. The maximum atomic E-state index is 12.9. The predicted octanol–water partition coefficient (Wildman–Crippen LogP) is 4.57. The maximum Gasteiger partial charge on any atom is 0.233 e. The molecule has 5 rings (SSSR count). The van der Waals surface area contributed by atoms with Gasteiger partial charge in [0.25, 0.3) is 0 Å². The van der Waals surface area contributed by atoms with Crippen LogP contribution in [0, 0.1) is 0 Å². The van der Waals surface area contributed by atoms with E-state index in [-0.39, 0.29) is 5.91 Å². The molecule has 2 aromatic carbocycles. The summed E-state index contributed by atoms with van der Waals surface area (Å²) < 4.78 is 5.47. The van der Waals surface area contributed by atoms with Crippen LogP contribution in [-0.2, 0) is 17.8 Å². The van der Waals surface area contributed by atoms with Crippen LogP contribution < -0.4 is 0 Å². The molecule has 29 heavy (non-hydrogen) atoms. The van der Waals surface area contributed by atoms with Crippen molar-refractivity contribution < 1.29 is 9.21 Å². The molecular formula is C23H19N3O2S. The Balaban J connectivity index is 1.37. The zero-order valence-corrected chi connectivity index (χ0v) is 16.6. The summed E-state index contributed by atoms with van der Waals surface area (Å²) >= 11 is 1.46. The van der Waals surface area contributed by atoms with Gasteiger partial charge in [-0.05, 0) is 35.7 Å². The van der Waals surface area contributed by atoms with Crippen LogP contribution in [0.4, 0.5) is 0 Å². The standard InChI is InChI=1S/C23H19N3O2S/c27-21(26-12-11-16-6-1-2-7-17(16)14-26)15-29-23-18-8-3-4-9-19(18)24-22(25-23)20-10-5-13-28-20/h1-10,13H,11-12,14-15H2. The lowest BCUT2D eigenvalue weighted by Crippen LogP contribution is -2.37. The van der Waals surface area contributed by atoms with Crippen molar-refractivity contribution in [3.63, 3.8) is 0 Å². The van der Waals surface area contributed by atoms with Gasteiger partial charge in [0, 0.05) is 18.5 Å². The van der Waals surface area contributed by atoms with E-state index in [9.17, 15) is 4.79 Å². The third-order valence-corrected chi connectivity index (χ3v) is 6.10. The Hall–Kier alpha value is -3.12. The Morgan fingerprint density at radius 3 is 2.69 bits per heavy atom. The highest BCUT2D eigenvalue weighted by Crippen LogP contribution is 2.29. The first-order valence-electron chi connectivity index (χ1n) is 9.56. The van der Waals surface area contributed by atoms with E-state index in [1.54, 1.807) is 6.26 Å². The molecule has 1 aliphatic rings. The van der Waals surface area contributed by atoms with Crippen molar-refractivity contribution in [3.8, 4) is 11.6 Å². The molecule has 0 spiro atoms. The average molecular weight is 401 g/mol. The lowest BCUT2D eigenvalue weighted by atomic mass is 10.00. The number of aromatic nitrogens is 2. The van der Waals surface area contributed by atoms with E-state index in [0.717, 1.165) is 28.9 Å². The van der Waals surface area contributed by atoms with Crippen molar-refractivity contribution in [1.82, 2.24) is 14.9 Å². The van der Waals surface area contributed by atoms with Crippen LogP contribution in [0.25, 0.3) is 22.5 Å². The van der Waals surface area contributed by atoms with E-state index in [2.05, 4.69) is 28.2 Å². The number of amides is 1. The highest BCUT2D eigenvalue weighted by atomic mass is 32.2. The first kappa shape index (κ1) is 17.9. The fourth-order valence-electron chi connectivity index (χ4n) is 3.60. The molecule has 1 aliphatic heterocycles. The van der Waals surface area contributed by atoms with E-state index in [1.807, 2.05) is 47.4 Å². The second-order valence-corrected chi connectivity index (χ2v) is 7.93. The van der Waals surface area contributed by atoms with Crippen molar-refractivity contribution in [2.24, 2.45) is 0 Å². The molecule has 5 nitrogen and oxygen atoms in total. The molecule has 0 saturated carbocycles. The van der Waals surface area contributed by atoms with Crippen LogP contribution >= 0.6 is 11.8 Å². The first-order chi connectivity index (χ1) is 14.3. The number of thioether (sulfide) groups is 1. The number of nitrogens with zero attached hydrogens (tertiary/aromatic N) is 3. The summed E-state index contributed by atoms with van der Waals surface area (Å²) in [4.78, 5) is 24.1. The summed E-state index contributed by atoms with van der Waals surface area (Å²) in [6.45, 7) is 1.44.